The van der Waals surface area contributed by atoms with Crippen molar-refractivity contribution in [2.45, 2.75) is 37.5 Å². The Kier molecular flexibility index (Phi) is 7.46. The molecule has 1 aromatic carbocycles. The molecule has 23 heavy (non-hydrogen) atoms. The number of piperidine rings is 1. The summed E-state index contributed by atoms with van der Waals surface area (Å²) in [7, 11) is -0.709. The first kappa shape index (κ1) is 18.4. The van der Waals surface area contributed by atoms with E-state index in [1.54, 1.807) is 12.1 Å². The number of nitrogens with zero attached hydrogens (tertiary/aromatic N) is 1. The van der Waals surface area contributed by atoms with Crippen LogP contribution in [0.15, 0.2) is 24.3 Å². The lowest BCUT2D eigenvalue weighted by Gasteiger charge is -2.32. The molecule has 1 aromatic rings. The highest BCUT2D eigenvalue weighted by atomic mass is 32.2. The van der Waals surface area contributed by atoms with Gasteiger partial charge < -0.3 is 14.7 Å². The van der Waals surface area contributed by atoms with Crippen LogP contribution in [-0.4, -0.2) is 57.6 Å². The first-order valence-corrected chi connectivity index (χ1v) is 9.62. The number of β-amino-alcohol motifs (C(OH)–C–C–N with tert-alkyl or cyclic N) is 1. The Labute approximate surface area is 140 Å². The number of rotatable bonds is 8. The van der Waals surface area contributed by atoms with Crippen LogP contribution < -0.4 is 4.74 Å². The summed E-state index contributed by atoms with van der Waals surface area (Å²) in [6.45, 7) is 4.54. The normalized spacial score (nSPS) is 19.4. The Morgan fingerprint density at radius 2 is 2.00 bits per heavy atom. The molecule has 6 heteroatoms. The van der Waals surface area contributed by atoms with Gasteiger partial charge in [-0.1, -0.05) is 6.92 Å². The summed E-state index contributed by atoms with van der Waals surface area (Å²) in [6, 6.07) is 5.78. The van der Waals surface area contributed by atoms with E-state index in [2.05, 4.69) is 11.8 Å². The molecule has 1 heterocycles. The second kappa shape index (κ2) is 9.35. The van der Waals surface area contributed by atoms with E-state index in [1.807, 2.05) is 0 Å². The van der Waals surface area contributed by atoms with Crippen LogP contribution >= 0.6 is 0 Å². The number of likely N-dealkylation sites (tertiary alicyclic amines) is 1. The zero-order valence-electron chi connectivity index (χ0n) is 13.6. The zero-order chi connectivity index (χ0) is 16.7. The number of benzene rings is 1. The van der Waals surface area contributed by atoms with Crippen molar-refractivity contribution in [3.05, 3.63) is 30.1 Å². The molecule has 1 saturated heterocycles. The molecular formula is C17H26FNO3S. The summed E-state index contributed by atoms with van der Waals surface area (Å²) >= 11 is 0. The van der Waals surface area contributed by atoms with Crippen LogP contribution in [0.25, 0.3) is 0 Å². The topological polar surface area (TPSA) is 49.8 Å². The van der Waals surface area contributed by atoms with Gasteiger partial charge in [0.05, 0.1) is 0 Å². The maximum absolute atomic E-state index is 12.8. The predicted octanol–water partition coefficient (Wildman–Crippen LogP) is 2.19. The Hall–Kier alpha value is -0.980. The molecule has 0 spiro atoms. The van der Waals surface area contributed by atoms with Gasteiger partial charge in [-0.05, 0) is 56.6 Å². The minimum atomic E-state index is -0.709. The fourth-order valence-electron chi connectivity index (χ4n) is 2.80. The van der Waals surface area contributed by atoms with Gasteiger partial charge in [-0.25, -0.2) is 4.39 Å². The van der Waals surface area contributed by atoms with Crippen LogP contribution in [0.5, 0.6) is 5.75 Å². The van der Waals surface area contributed by atoms with E-state index in [0.29, 0.717) is 17.5 Å². The minimum absolute atomic E-state index is 0.188. The molecule has 0 radical (unpaired) electrons. The number of hydrogen-bond donors (Lipinski definition) is 1. The molecule has 0 saturated carbocycles. The third kappa shape index (κ3) is 6.20. The summed E-state index contributed by atoms with van der Waals surface area (Å²) < 4.78 is 30.3. The van der Waals surface area contributed by atoms with E-state index in [0.717, 1.165) is 38.1 Å². The monoisotopic (exact) mass is 343 g/mol. The molecule has 0 bridgehead atoms. The highest BCUT2D eigenvalue weighted by molar-refractivity contribution is 7.85. The Morgan fingerprint density at radius 3 is 2.61 bits per heavy atom. The molecular weight excluding hydrogens is 317 g/mol. The lowest BCUT2D eigenvalue weighted by atomic mass is 10.1. The molecule has 0 aromatic heterocycles. The summed E-state index contributed by atoms with van der Waals surface area (Å²) in [6.07, 6.45) is 2.24. The van der Waals surface area contributed by atoms with Gasteiger partial charge in [-0.15, -0.1) is 0 Å². The molecule has 0 amide bonds. The molecule has 2 rings (SSSR count). The highest BCUT2D eigenvalue weighted by Gasteiger charge is 2.24. The highest BCUT2D eigenvalue weighted by Crippen LogP contribution is 2.17. The van der Waals surface area contributed by atoms with Gasteiger partial charge in [0.2, 0.25) is 0 Å². The van der Waals surface area contributed by atoms with E-state index >= 15 is 0 Å². The minimum Gasteiger partial charge on any atom is -0.491 e. The van der Waals surface area contributed by atoms with Crippen LogP contribution in [0.2, 0.25) is 0 Å². The Morgan fingerprint density at radius 1 is 1.35 bits per heavy atom. The van der Waals surface area contributed by atoms with Crippen LogP contribution in [0.3, 0.4) is 0 Å². The first-order valence-electron chi connectivity index (χ1n) is 8.24. The van der Waals surface area contributed by atoms with Crippen molar-refractivity contribution >= 4 is 10.8 Å². The van der Waals surface area contributed by atoms with Gasteiger partial charge in [0.25, 0.3) is 0 Å². The number of aliphatic hydroxyl groups excluding tert-OH is 1. The van der Waals surface area contributed by atoms with E-state index in [-0.39, 0.29) is 12.4 Å². The van der Waals surface area contributed by atoms with Crippen molar-refractivity contribution in [3.63, 3.8) is 0 Å². The molecule has 1 fully saturated rings. The Bertz CT molecular complexity index is 489. The molecule has 1 aliphatic heterocycles. The smallest absolute Gasteiger partial charge is 0.123 e. The average Bonchev–Trinajstić information content (AvgIpc) is 2.55. The quantitative estimate of drug-likeness (QED) is 0.786. The fraction of sp³-hybridized carbons (Fsp3) is 0.647. The van der Waals surface area contributed by atoms with Crippen molar-refractivity contribution in [3.8, 4) is 5.75 Å². The lowest BCUT2D eigenvalue weighted by molar-refractivity contribution is 0.0621. The lowest BCUT2D eigenvalue weighted by Crippen LogP contribution is -2.43. The SMILES string of the molecule is CCCS(=O)C1CCN(CC(O)COc2ccc(F)cc2)CC1. The Balaban J connectivity index is 1.67. The third-order valence-corrected chi connectivity index (χ3v) is 6.06. The number of aliphatic hydroxyl groups is 1. The molecule has 2 unspecified atom stereocenters. The standard InChI is InChI=1S/C17H26FNO3S/c1-2-11-23(21)17-7-9-19(10-8-17)12-15(20)13-22-16-5-3-14(18)4-6-16/h3-6,15,17,20H,2,7-13H2,1H3. The summed E-state index contributed by atoms with van der Waals surface area (Å²) in [5.74, 6) is 1.04. The van der Waals surface area contributed by atoms with Crippen molar-refractivity contribution in [2.75, 3.05) is 32.0 Å². The van der Waals surface area contributed by atoms with Gasteiger partial charge in [0.1, 0.15) is 24.3 Å². The van der Waals surface area contributed by atoms with Crippen molar-refractivity contribution in [1.29, 1.82) is 0 Å². The largest absolute Gasteiger partial charge is 0.491 e. The van der Waals surface area contributed by atoms with Crippen molar-refractivity contribution in [2.24, 2.45) is 0 Å². The second-order valence-electron chi connectivity index (χ2n) is 6.00. The number of ether oxygens (including phenoxy) is 1. The average molecular weight is 343 g/mol. The van der Waals surface area contributed by atoms with Crippen LogP contribution in [0, 0.1) is 5.82 Å². The molecule has 2 atom stereocenters. The molecule has 0 aliphatic carbocycles. The molecule has 130 valence electrons. The third-order valence-electron chi connectivity index (χ3n) is 4.04. The van der Waals surface area contributed by atoms with Crippen molar-refractivity contribution < 1.29 is 18.4 Å². The predicted molar refractivity (Wildman–Crippen MR) is 90.7 cm³/mol. The number of hydrogen-bond acceptors (Lipinski definition) is 4. The van der Waals surface area contributed by atoms with Gasteiger partial charge in [0.15, 0.2) is 0 Å². The first-order chi connectivity index (χ1) is 11.1. The fourth-order valence-corrected chi connectivity index (χ4v) is 4.27. The second-order valence-corrected chi connectivity index (χ2v) is 7.84. The summed E-state index contributed by atoms with van der Waals surface area (Å²) in [5, 5.41) is 10.4. The van der Waals surface area contributed by atoms with Gasteiger partial charge in [-0.2, -0.15) is 0 Å². The van der Waals surface area contributed by atoms with E-state index in [1.165, 1.54) is 12.1 Å². The van der Waals surface area contributed by atoms with E-state index in [4.69, 9.17) is 4.74 Å². The molecule has 1 aliphatic rings. The van der Waals surface area contributed by atoms with E-state index < -0.39 is 16.9 Å². The van der Waals surface area contributed by atoms with Crippen LogP contribution in [-0.2, 0) is 10.8 Å². The summed E-state index contributed by atoms with van der Waals surface area (Å²) in [4.78, 5) is 2.19. The van der Waals surface area contributed by atoms with Crippen LogP contribution in [0.4, 0.5) is 4.39 Å². The van der Waals surface area contributed by atoms with E-state index in [9.17, 15) is 13.7 Å². The van der Waals surface area contributed by atoms with Gasteiger partial charge in [0, 0.05) is 28.3 Å². The maximum Gasteiger partial charge on any atom is 0.123 e. The zero-order valence-corrected chi connectivity index (χ0v) is 14.4. The van der Waals surface area contributed by atoms with Crippen LogP contribution in [0.1, 0.15) is 26.2 Å². The summed E-state index contributed by atoms with van der Waals surface area (Å²) in [5.41, 5.74) is 0. The molecule has 4 nitrogen and oxygen atoms in total. The maximum atomic E-state index is 12.8. The van der Waals surface area contributed by atoms with Gasteiger partial charge in [-0.3, -0.25) is 4.21 Å². The van der Waals surface area contributed by atoms with Gasteiger partial charge >= 0.3 is 0 Å². The molecule has 1 N–H and O–H groups in total. The number of halogens is 1. The van der Waals surface area contributed by atoms with Crippen molar-refractivity contribution in [1.82, 2.24) is 4.90 Å².